The number of rotatable bonds is 6. The molecule has 3 nitrogen and oxygen atoms in total. The number of aromatic hydroxyl groups is 1. The standard InChI is InChI=1S/C16H18BrNO2/c1-20-15-10-14(17)9-13(16(15)19)11-18-8-7-12-5-3-2-4-6-12/h2-6,9-10,18-19H,7-8,11H2,1H3. The lowest BCUT2D eigenvalue weighted by Gasteiger charge is -2.11. The van der Waals surface area contributed by atoms with E-state index < -0.39 is 0 Å². The van der Waals surface area contributed by atoms with Gasteiger partial charge >= 0.3 is 0 Å². The molecule has 0 amide bonds. The molecule has 2 aromatic carbocycles. The summed E-state index contributed by atoms with van der Waals surface area (Å²) in [5.41, 5.74) is 2.13. The highest BCUT2D eigenvalue weighted by atomic mass is 79.9. The van der Waals surface area contributed by atoms with Gasteiger partial charge in [-0.25, -0.2) is 0 Å². The van der Waals surface area contributed by atoms with Gasteiger partial charge in [0, 0.05) is 16.6 Å². The zero-order chi connectivity index (χ0) is 14.4. The van der Waals surface area contributed by atoms with E-state index in [1.807, 2.05) is 24.3 Å². The second-order valence-electron chi connectivity index (χ2n) is 4.53. The Balaban J connectivity index is 1.90. The maximum Gasteiger partial charge on any atom is 0.162 e. The van der Waals surface area contributed by atoms with Gasteiger partial charge in [-0.15, -0.1) is 0 Å². The molecule has 0 aliphatic carbocycles. The number of methoxy groups -OCH3 is 1. The molecule has 0 aromatic heterocycles. The van der Waals surface area contributed by atoms with Crippen molar-refractivity contribution in [2.75, 3.05) is 13.7 Å². The van der Waals surface area contributed by atoms with Crippen LogP contribution in [0.4, 0.5) is 0 Å². The van der Waals surface area contributed by atoms with Crippen LogP contribution < -0.4 is 10.1 Å². The summed E-state index contributed by atoms with van der Waals surface area (Å²) in [7, 11) is 1.55. The summed E-state index contributed by atoms with van der Waals surface area (Å²) in [6.07, 6.45) is 0.965. The fourth-order valence-corrected chi connectivity index (χ4v) is 2.50. The minimum absolute atomic E-state index is 0.197. The fourth-order valence-electron chi connectivity index (χ4n) is 2.02. The van der Waals surface area contributed by atoms with Crippen LogP contribution in [0, 0.1) is 0 Å². The minimum atomic E-state index is 0.197. The molecule has 4 heteroatoms. The van der Waals surface area contributed by atoms with Crippen molar-refractivity contribution >= 4 is 15.9 Å². The maximum absolute atomic E-state index is 10.0. The molecule has 0 heterocycles. The van der Waals surface area contributed by atoms with Crippen molar-refractivity contribution in [1.29, 1.82) is 0 Å². The molecule has 0 bridgehead atoms. The Morgan fingerprint density at radius 1 is 1.20 bits per heavy atom. The molecule has 2 aromatic rings. The Kier molecular flexibility index (Phi) is 5.44. The third-order valence-corrected chi connectivity index (χ3v) is 3.55. The number of nitrogens with one attached hydrogen (secondary N) is 1. The lowest BCUT2D eigenvalue weighted by Crippen LogP contribution is -2.16. The van der Waals surface area contributed by atoms with Crippen LogP contribution in [0.1, 0.15) is 11.1 Å². The fraction of sp³-hybridized carbons (Fsp3) is 0.250. The number of hydrogen-bond donors (Lipinski definition) is 2. The van der Waals surface area contributed by atoms with Crippen LogP contribution in [-0.2, 0) is 13.0 Å². The normalized spacial score (nSPS) is 10.5. The van der Waals surface area contributed by atoms with Crippen LogP contribution in [-0.4, -0.2) is 18.8 Å². The van der Waals surface area contributed by atoms with E-state index in [4.69, 9.17) is 4.74 Å². The molecule has 0 atom stereocenters. The maximum atomic E-state index is 10.0. The molecule has 0 saturated heterocycles. The lowest BCUT2D eigenvalue weighted by atomic mass is 10.1. The molecule has 2 rings (SSSR count). The predicted molar refractivity (Wildman–Crippen MR) is 84.2 cm³/mol. The van der Waals surface area contributed by atoms with Gasteiger partial charge in [0.25, 0.3) is 0 Å². The number of hydrogen-bond acceptors (Lipinski definition) is 3. The first kappa shape index (κ1) is 14.9. The first-order valence-corrected chi connectivity index (χ1v) is 7.30. The lowest BCUT2D eigenvalue weighted by molar-refractivity contribution is 0.369. The van der Waals surface area contributed by atoms with Crippen LogP contribution >= 0.6 is 15.9 Å². The van der Waals surface area contributed by atoms with E-state index in [2.05, 4.69) is 33.4 Å². The molecule has 2 N–H and O–H groups in total. The summed E-state index contributed by atoms with van der Waals surface area (Å²) >= 11 is 3.41. The minimum Gasteiger partial charge on any atom is -0.504 e. The smallest absolute Gasteiger partial charge is 0.162 e. The predicted octanol–water partition coefficient (Wildman–Crippen LogP) is 3.50. The van der Waals surface area contributed by atoms with Crippen molar-refractivity contribution in [3.63, 3.8) is 0 Å². The van der Waals surface area contributed by atoms with Gasteiger partial charge in [-0.2, -0.15) is 0 Å². The molecule has 0 aliphatic heterocycles. The average molecular weight is 336 g/mol. The highest BCUT2D eigenvalue weighted by Crippen LogP contribution is 2.33. The number of benzene rings is 2. The van der Waals surface area contributed by atoms with E-state index in [1.54, 1.807) is 13.2 Å². The van der Waals surface area contributed by atoms with Crippen molar-refractivity contribution in [3.05, 3.63) is 58.1 Å². The second kappa shape index (κ2) is 7.31. The summed E-state index contributed by atoms with van der Waals surface area (Å²) in [5, 5.41) is 13.4. The van der Waals surface area contributed by atoms with Gasteiger partial charge < -0.3 is 15.2 Å². The molecule has 0 unspecified atom stereocenters. The Hall–Kier alpha value is -1.52. The average Bonchev–Trinajstić information content (AvgIpc) is 2.47. The Bertz CT molecular complexity index is 558. The summed E-state index contributed by atoms with van der Waals surface area (Å²) in [6.45, 7) is 1.47. The molecule has 0 saturated carbocycles. The zero-order valence-electron chi connectivity index (χ0n) is 11.4. The molecule has 0 aliphatic rings. The van der Waals surface area contributed by atoms with Crippen molar-refractivity contribution < 1.29 is 9.84 Å². The summed E-state index contributed by atoms with van der Waals surface area (Å²) in [4.78, 5) is 0. The number of phenols is 1. The van der Waals surface area contributed by atoms with Crippen LogP contribution in [0.3, 0.4) is 0 Å². The van der Waals surface area contributed by atoms with Gasteiger partial charge in [-0.3, -0.25) is 0 Å². The molecule has 0 fully saturated rings. The molecular formula is C16H18BrNO2. The van der Waals surface area contributed by atoms with Crippen LogP contribution in [0.15, 0.2) is 46.9 Å². The van der Waals surface area contributed by atoms with Crippen molar-refractivity contribution in [3.8, 4) is 11.5 Å². The van der Waals surface area contributed by atoms with E-state index in [9.17, 15) is 5.11 Å². The summed E-state index contributed by atoms with van der Waals surface area (Å²) in [6, 6.07) is 14.0. The monoisotopic (exact) mass is 335 g/mol. The Morgan fingerprint density at radius 3 is 2.65 bits per heavy atom. The first-order chi connectivity index (χ1) is 9.70. The summed E-state index contributed by atoms with van der Waals surface area (Å²) in [5.74, 6) is 0.683. The molecule has 106 valence electrons. The Morgan fingerprint density at radius 2 is 1.95 bits per heavy atom. The third-order valence-electron chi connectivity index (χ3n) is 3.09. The van der Waals surface area contributed by atoms with Crippen LogP contribution in [0.25, 0.3) is 0 Å². The quantitative estimate of drug-likeness (QED) is 0.794. The van der Waals surface area contributed by atoms with Crippen molar-refractivity contribution in [2.45, 2.75) is 13.0 Å². The van der Waals surface area contributed by atoms with E-state index in [-0.39, 0.29) is 5.75 Å². The number of phenolic OH excluding ortho intramolecular Hbond substituents is 1. The van der Waals surface area contributed by atoms with E-state index in [0.717, 1.165) is 23.0 Å². The summed E-state index contributed by atoms with van der Waals surface area (Å²) < 4.78 is 6.03. The largest absolute Gasteiger partial charge is 0.504 e. The molecule has 0 spiro atoms. The topological polar surface area (TPSA) is 41.5 Å². The Labute approximate surface area is 127 Å². The number of ether oxygens (including phenoxy) is 1. The van der Waals surface area contributed by atoms with E-state index >= 15 is 0 Å². The van der Waals surface area contributed by atoms with Crippen LogP contribution in [0.2, 0.25) is 0 Å². The SMILES string of the molecule is COc1cc(Br)cc(CNCCc2ccccc2)c1O. The highest BCUT2D eigenvalue weighted by molar-refractivity contribution is 9.10. The first-order valence-electron chi connectivity index (χ1n) is 6.50. The second-order valence-corrected chi connectivity index (χ2v) is 5.44. The van der Waals surface area contributed by atoms with Gasteiger partial charge in [-0.05, 0) is 30.7 Å². The van der Waals surface area contributed by atoms with Crippen molar-refractivity contribution in [1.82, 2.24) is 5.32 Å². The van der Waals surface area contributed by atoms with Gasteiger partial charge in [0.2, 0.25) is 0 Å². The van der Waals surface area contributed by atoms with Gasteiger partial charge in [0.15, 0.2) is 11.5 Å². The number of halogens is 1. The van der Waals surface area contributed by atoms with Gasteiger partial charge in [0.1, 0.15) is 0 Å². The molecule has 0 radical (unpaired) electrons. The van der Waals surface area contributed by atoms with Gasteiger partial charge in [0.05, 0.1) is 7.11 Å². The van der Waals surface area contributed by atoms with E-state index in [1.165, 1.54) is 5.56 Å². The van der Waals surface area contributed by atoms with E-state index in [0.29, 0.717) is 12.3 Å². The molecule has 20 heavy (non-hydrogen) atoms. The van der Waals surface area contributed by atoms with Crippen LogP contribution in [0.5, 0.6) is 11.5 Å². The van der Waals surface area contributed by atoms with Gasteiger partial charge in [-0.1, -0.05) is 46.3 Å². The third kappa shape index (κ3) is 3.99. The highest BCUT2D eigenvalue weighted by Gasteiger charge is 2.09. The van der Waals surface area contributed by atoms with Crippen molar-refractivity contribution in [2.24, 2.45) is 0 Å². The molecular weight excluding hydrogens is 318 g/mol. The zero-order valence-corrected chi connectivity index (χ0v) is 13.0.